The number of benzene rings is 1. The summed E-state index contributed by atoms with van der Waals surface area (Å²) < 4.78 is 11.2. The van der Waals surface area contributed by atoms with Crippen LogP contribution in [0.1, 0.15) is 18.2 Å². The second-order valence-electron chi connectivity index (χ2n) is 6.75. The molecule has 2 aromatic rings. The Kier molecular flexibility index (Phi) is 5.46. The first-order valence-corrected chi connectivity index (χ1v) is 9.90. The Bertz CT molecular complexity index is 974. The third kappa shape index (κ3) is 3.94. The van der Waals surface area contributed by atoms with Crippen molar-refractivity contribution in [2.75, 3.05) is 36.1 Å². The second-order valence-corrected chi connectivity index (χ2v) is 7.14. The second kappa shape index (κ2) is 8.18. The minimum absolute atomic E-state index is 0.0268. The van der Waals surface area contributed by atoms with Crippen LogP contribution in [-0.4, -0.2) is 43.2 Å². The predicted octanol–water partition coefficient (Wildman–Crippen LogP) is 2.51. The van der Waals surface area contributed by atoms with Crippen molar-refractivity contribution in [3.63, 3.8) is 0 Å². The van der Waals surface area contributed by atoms with Crippen LogP contribution >= 0.6 is 12.2 Å². The van der Waals surface area contributed by atoms with E-state index in [1.54, 1.807) is 6.07 Å². The summed E-state index contributed by atoms with van der Waals surface area (Å²) in [5, 5.41) is 2.65. The number of nitrogens with one attached hydrogen (secondary N) is 1. The maximum Gasteiger partial charge on any atom is 0.270 e. The molecule has 0 bridgehead atoms. The molecule has 29 heavy (non-hydrogen) atoms. The smallest absolute Gasteiger partial charge is 0.270 e. The molecule has 8 heteroatoms. The van der Waals surface area contributed by atoms with Crippen molar-refractivity contribution in [1.82, 2.24) is 5.32 Å². The Morgan fingerprint density at radius 3 is 2.52 bits per heavy atom. The summed E-state index contributed by atoms with van der Waals surface area (Å²) in [7, 11) is 0. The SMILES string of the molecule is CCc1ccc(N2C(=O)/C(=C/c3ccc(N4CCOCC4)o3)C(=O)NC2=S)cc1. The molecule has 1 aromatic heterocycles. The van der Waals surface area contributed by atoms with Crippen LogP contribution in [-0.2, 0) is 20.7 Å². The molecule has 2 amide bonds. The van der Waals surface area contributed by atoms with Crippen molar-refractivity contribution in [2.45, 2.75) is 13.3 Å². The standard InChI is InChI=1S/C21H21N3O4S/c1-2-14-3-5-15(6-4-14)24-20(26)17(19(25)22-21(24)29)13-16-7-8-18(28-16)23-9-11-27-12-10-23/h3-8,13H,2,9-12H2,1H3,(H,22,25,29)/b17-13+. The number of rotatable bonds is 4. The Morgan fingerprint density at radius 2 is 1.83 bits per heavy atom. The van der Waals surface area contributed by atoms with Gasteiger partial charge in [0, 0.05) is 19.2 Å². The summed E-state index contributed by atoms with van der Waals surface area (Å²) >= 11 is 5.24. The van der Waals surface area contributed by atoms with Gasteiger partial charge in [0.05, 0.1) is 18.9 Å². The van der Waals surface area contributed by atoms with Crippen LogP contribution in [0.25, 0.3) is 6.08 Å². The van der Waals surface area contributed by atoms with Crippen molar-refractivity contribution in [1.29, 1.82) is 0 Å². The molecular formula is C21H21N3O4S. The summed E-state index contributed by atoms with van der Waals surface area (Å²) in [4.78, 5) is 28.9. The van der Waals surface area contributed by atoms with Crippen LogP contribution < -0.4 is 15.1 Å². The molecule has 0 aliphatic carbocycles. The van der Waals surface area contributed by atoms with Crippen LogP contribution in [0.4, 0.5) is 11.6 Å². The van der Waals surface area contributed by atoms with E-state index in [1.165, 1.54) is 11.0 Å². The highest BCUT2D eigenvalue weighted by Gasteiger charge is 2.34. The normalized spacial score (nSPS) is 19.1. The largest absolute Gasteiger partial charge is 0.441 e. The van der Waals surface area contributed by atoms with Crippen molar-refractivity contribution < 1.29 is 18.7 Å². The number of nitrogens with zero attached hydrogens (tertiary/aromatic N) is 2. The Morgan fingerprint density at radius 1 is 1.10 bits per heavy atom. The van der Waals surface area contributed by atoms with E-state index in [0.29, 0.717) is 30.5 Å². The van der Waals surface area contributed by atoms with Crippen LogP contribution in [0, 0.1) is 0 Å². The maximum atomic E-state index is 13.1. The van der Waals surface area contributed by atoms with Crippen LogP contribution in [0.5, 0.6) is 0 Å². The molecule has 1 N–H and O–H groups in total. The molecule has 2 aliphatic rings. The van der Waals surface area contributed by atoms with E-state index < -0.39 is 11.8 Å². The predicted molar refractivity (Wildman–Crippen MR) is 114 cm³/mol. The molecule has 0 atom stereocenters. The zero-order valence-corrected chi connectivity index (χ0v) is 16.8. The zero-order chi connectivity index (χ0) is 20.4. The molecule has 0 radical (unpaired) electrons. The average molecular weight is 411 g/mol. The third-order valence-corrected chi connectivity index (χ3v) is 5.21. The Hall–Kier alpha value is -2.97. The van der Waals surface area contributed by atoms with Crippen LogP contribution in [0.15, 0.2) is 46.4 Å². The van der Waals surface area contributed by atoms with Gasteiger partial charge < -0.3 is 14.1 Å². The molecule has 150 valence electrons. The third-order valence-electron chi connectivity index (χ3n) is 4.93. The van der Waals surface area contributed by atoms with Gasteiger partial charge in [-0.1, -0.05) is 19.1 Å². The van der Waals surface area contributed by atoms with Gasteiger partial charge >= 0.3 is 0 Å². The first-order chi connectivity index (χ1) is 14.1. The van der Waals surface area contributed by atoms with Crippen LogP contribution in [0.3, 0.4) is 0 Å². The number of morpholine rings is 1. The lowest BCUT2D eigenvalue weighted by atomic mass is 10.1. The van der Waals surface area contributed by atoms with Gasteiger partial charge in [-0.2, -0.15) is 0 Å². The summed E-state index contributed by atoms with van der Waals surface area (Å²) in [6.45, 7) is 4.81. The molecule has 4 rings (SSSR count). The van der Waals surface area contributed by atoms with Gasteiger partial charge in [-0.05, 0) is 48.5 Å². The number of hydrogen-bond donors (Lipinski definition) is 1. The fraction of sp³-hybridized carbons (Fsp3) is 0.286. The fourth-order valence-electron chi connectivity index (χ4n) is 3.29. The van der Waals surface area contributed by atoms with Crippen molar-refractivity contribution in [3.8, 4) is 0 Å². The first-order valence-electron chi connectivity index (χ1n) is 9.49. The zero-order valence-electron chi connectivity index (χ0n) is 16.0. The molecule has 0 unspecified atom stereocenters. The highest BCUT2D eigenvalue weighted by atomic mass is 32.1. The number of amides is 2. The molecule has 2 fully saturated rings. The van der Waals surface area contributed by atoms with Gasteiger partial charge in [-0.15, -0.1) is 0 Å². The van der Waals surface area contributed by atoms with Gasteiger partial charge in [0.25, 0.3) is 11.8 Å². The van der Waals surface area contributed by atoms with E-state index in [2.05, 4.69) is 17.1 Å². The van der Waals surface area contributed by atoms with Crippen molar-refractivity contribution in [2.24, 2.45) is 0 Å². The van der Waals surface area contributed by atoms with Gasteiger partial charge in [-0.25, -0.2) is 0 Å². The van der Waals surface area contributed by atoms with E-state index in [1.807, 2.05) is 30.3 Å². The number of carbonyl (C=O) groups excluding carboxylic acids is 2. The van der Waals surface area contributed by atoms with Crippen LogP contribution in [0.2, 0.25) is 0 Å². The van der Waals surface area contributed by atoms with E-state index in [9.17, 15) is 9.59 Å². The molecule has 2 aliphatic heterocycles. The van der Waals surface area contributed by atoms with Crippen molar-refractivity contribution >= 4 is 46.8 Å². The molecule has 3 heterocycles. The summed E-state index contributed by atoms with van der Waals surface area (Å²) in [6, 6.07) is 11.1. The van der Waals surface area contributed by atoms with E-state index >= 15 is 0 Å². The van der Waals surface area contributed by atoms with Gasteiger partial charge in [0.15, 0.2) is 11.0 Å². The minimum Gasteiger partial charge on any atom is -0.441 e. The minimum atomic E-state index is -0.536. The highest BCUT2D eigenvalue weighted by molar-refractivity contribution is 7.80. The quantitative estimate of drug-likeness (QED) is 0.473. The summed E-state index contributed by atoms with van der Waals surface area (Å²) in [6.07, 6.45) is 2.35. The number of ether oxygens (including phenoxy) is 1. The lowest BCUT2D eigenvalue weighted by Gasteiger charge is -2.29. The number of furan rings is 1. The summed E-state index contributed by atoms with van der Waals surface area (Å²) in [5.74, 6) is 0.100. The van der Waals surface area contributed by atoms with E-state index in [4.69, 9.17) is 21.4 Å². The molecule has 2 saturated heterocycles. The van der Waals surface area contributed by atoms with Gasteiger partial charge in [-0.3, -0.25) is 19.8 Å². The van der Waals surface area contributed by atoms with Gasteiger partial charge in [0.1, 0.15) is 11.3 Å². The Balaban J connectivity index is 1.60. The van der Waals surface area contributed by atoms with E-state index in [-0.39, 0.29) is 10.7 Å². The topological polar surface area (TPSA) is 75.0 Å². The molecular weight excluding hydrogens is 390 g/mol. The highest BCUT2D eigenvalue weighted by Crippen LogP contribution is 2.25. The number of hydrogen-bond acceptors (Lipinski definition) is 6. The lowest BCUT2D eigenvalue weighted by Crippen LogP contribution is -2.54. The maximum absolute atomic E-state index is 13.1. The number of carbonyl (C=O) groups is 2. The van der Waals surface area contributed by atoms with E-state index in [0.717, 1.165) is 25.1 Å². The lowest BCUT2D eigenvalue weighted by molar-refractivity contribution is -0.122. The number of thiocarbonyl (C=S) groups is 1. The molecule has 1 aromatic carbocycles. The monoisotopic (exact) mass is 411 g/mol. The fourth-order valence-corrected chi connectivity index (χ4v) is 3.57. The first kappa shape index (κ1) is 19.4. The average Bonchev–Trinajstić information content (AvgIpc) is 3.21. The number of aryl methyl sites for hydroxylation is 1. The summed E-state index contributed by atoms with van der Waals surface area (Å²) in [5.41, 5.74) is 1.73. The number of anilines is 2. The molecule has 0 saturated carbocycles. The Labute approximate surface area is 173 Å². The van der Waals surface area contributed by atoms with Crippen molar-refractivity contribution in [3.05, 3.63) is 53.3 Å². The van der Waals surface area contributed by atoms with Gasteiger partial charge in [0.2, 0.25) is 0 Å². The molecule has 0 spiro atoms. The molecule has 7 nitrogen and oxygen atoms in total.